The van der Waals surface area contributed by atoms with Crippen molar-refractivity contribution >= 4 is 17.4 Å². The van der Waals surface area contributed by atoms with E-state index in [1.54, 1.807) is 6.20 Å². The number of nitrogens with one attached hydrogen (secondary N) is 2. The van der Waals surface area contributed by atoms with Gasteiger partial charge in [-0.2, -0.15) is 0 Å². The highest BCUT2D eigenvalue weighted by molar-refractivity contribution is 6.02. The topological polar surface area (TPSA) is 66.9 Å². The zero-order valence-electron chi connectivity index (χ0n) is 16.6. The summed E-state index contributed by atoms with van der Waals surface area (Å²) in [6.07, 6.45) is 10.7. The molecule has 1 aliphatic rings. The minimum absolute atomic E-state index is 0.0915. The molecule has 5 nitrogen and oxygen atoms in total. The lowest BCUT2D eigenvalue weighted by molar-refractivity contribution is 0.102. The predicted octanol–water partition coefficient (Wildman–Crippen LogP) is 5.16. The van der Waals surface area contributed by atoms with Crippen LogP contribution in [0, 0.1) is 0 Å². The molecule has 1 heterocycles. The third-order valence-corrected chi connectivity index (χ3v) is 5.10. The van der Waals surface area contributed by atoms with Crippen molar-refractivity contribution in [2.24, 2.45) is 0 Å². The van der Waals surface area contributed by atoms with Crippen LogP contribution in [0.4, 0.5) is 11.5 Å². The van der Waals surface area contributed by atoms with Gasteiger partial charge in [0.1, 0.15) is 11.5 Å². The van der Waals surface area contributed by atoms with Gasteiger partial charge < -0.3 is 10.6 Å². The van der Waals surface area contributed by atoms with Gasteiger partial charge in [-0.15, -0.1) is 0 Å². The second kappa shape index (κ2) is 8.51. The fourth-order valence-electron chi connectivity index (χ4n) is 3.40. The second-order valence-corrected chi connectivity index (χ2v) is 8.40. The number of nitrogens with zero attached hydrogens (tertiary/aromatic N) is 2. The largest absolute Gasteiger partial charge is 0.366 e. The Balaban J connectivity index is 1.58. The first kappa shape index (κ1) is 19.3. The number of aromatic nitrogens is 2. The van der Waals surface area contributed by atoms with Crippen molar-refractivity contribution in [1.82, 2.24) is 9.97 Å². The highest BCUT2D eigenvalue weighted by Gasteiger charge is 2.15. The highest BCUT2D eigenvalue weighted by Crippen LogP contribution is 2.24. The molecule has 1 aromatic carbocycles. The smallest absolute Gasteiger partial charge is 0.275 e. The van der Waals surface area contributed by atoms with Crippen LogP contribution < -0.4 is 10.6 Å². The van der Waals surface area contributed by atoms with Crippen LogP contribution in [-0.4, -0.2) is 21.9 Å². The van der Waals surface area contributed by atoms with Gasteiger partial charge in [0, 0.05) is 11.7 Å². The summed E-state index contributed by atoms with van der Waals surface area (Å²) in [5.41, 5.74) is 2.40. The zero-order chi connectivity index (χ0) is 19.3. The van der Waals surface area contributed by atoms with Gasteiger partial charge in [0.2, 0.25) is 0 Å². The van der Waals surface area contributed by atoms with Gasteiger partial charge in [0.25, 0.3) is 5.91 Å². The lowest BCUT2D eigenvalue weighted by Gasteiger charge is -2.19. The van der Waals surface area contributed by atoms with E-state index in [0.29, 0.717) is 11.7 Å². The normalized spacial score (nSPS) is 15.8. The van der Waals surface area contributed by atoms with Gasteiger partial charge in [-0.25, -0.2) is 9.97 Å². The molecule has 0 aliphatic heterocycles. The number of carbonyl (C=O) groups excluding carboxylic acids is 1. The summed E-state index contributed by atoms with van der Waals surface area (Å²) in [5.74, 6) is 0.500. The molecule has 27 heavy (non-hydrogen) atoms. The SMILES string of the molecule is CC(C)(C)c1ccc(NC(=O)c2cnc(NC3CCCCCC3)cn2)cc1. The summed E-state index contributed by atoms with van der Waals surface area (Å²) in [4.78, 5) is 21.1. The van der Waals surface area contributed by atoms with Gasteiger partial charge in [-0.3, -0.25) is 4.79 Å². The fraction of sp³-hybridized carbons (Fsp3) is 0.500. The average molecular weight is 367 g/mol. The van der Waals surface area contributed by atoms with Crippen molar-refractivity contribution in [2.45, 2.75) is 70.8 Å². The van der Waals surface area contributed by atoms with Crippen LogP contribution in [0.2, 0.25) is 0 Å². The molecule has 1 fully saturated rings. The molecule has 1 saturated carbocycles. The predicted molar refractivity (Wildman–Crippen MR) is 110 cm³/mol. The Morgan fingerprint density at radius 3 is 2.19 bits per heavy atom. The van der Waals surface area contributed by atoms with Crippen molar-refractivity contribution in [1.29, 1.82) is 0 Å². The number of amides is 1. The maximum Gasteiger partial charge on any atom is 0.275 e. The first-order valence-electron chi connectivity index (χ1n) is 9.92. The van der Waals surface area contributed by atoms with Crippen molar-refractivity contribution in [3.63, 3.8) is 0 Å². The van der Waals surface area contributed by atoms with E-state index in [2.05, 4.69) is 41.4 Å². The molecule has 0 spiro atoms. The summed E-state index contributed by atoms with van der Waals surface area (Å²) >= 11 is 0. The van der Waals surface area contributed by atoms with Crippen molar-refractivity contribution in [3.05, 3.63) is 47.9 Å². The van der Waals surface area contributed by atoms with E-state index in [9.17, 15) is 4.79 Å². The Hall–Kier alpha value is -2.43. The van der Waals surface area contributed by atoms with E-state index in [0.717, 1.165) is 11.5 Å². The van der Waals surface area contributed by atoms with Gasteiger partial charge in [-0.05, 0) is 36.0 Å². The molecule has 0 unspecified atom stereocenters. The van der Waals surface area contributed by atoms with E-state index in [4.69, 9.17) is 0 Å². The van der Waals surface area contributed by atoms with Crippen LogP contribution in [0.3, 0.4) is 0 Å². The lowest BCUT2D eigenvalue weighted by Crippen LogP contribution is -2.20. The number of carbonyl (C=O) groups is 1. The maximum absolute atomic E-state index is 12.4. The van der Waals surface area contributed by atoms with Crippen molar-refractivity contribution < 1.29 is 4.79 Å². The van der Waals surface area contributed by atoms with Gasteiger partial charge in [0.05, 0.1) is 12.4 Å². The number of hydrogen-bond acceptors (Lipinski definition) is 4. The zero-order valence-corrected chi connectivity index (χ0v) is 16.6. The lowest BCUT2D eigenvalue weighted by atomic mass is 9.87. The van der Waals surface area contributed by atoms with Gasteiger partial charge in [0.15, 0.2) is 0 Å². The molecule has 144 valence electrons. The molecular formula is C22H30N4O. The number of hydrogen-bond donors (Lipinski definition) is 2. The molecular weight excluding hydrogens is 336 g/mol. The van der Waals surface area contributed by atoms with Crippen molar-refractivity contribution in [2.75, 3.05) is 10.6 Å². The molecule has 1 aliphatic carbocycles. The second-order valence-electron chi connectivity index (χ2n) is 8.40. The van der Waals surface area contributed by atoms with E-state index in [-0.39, 0.29) is 11.3 Å². The molecule has 1 aromatic heterocycles. The number of anilines is 2. The quantitative estimate of drug-likeness (QED) is 0.733. The molecule has 0 bridgehead atoms. The summed E-state index contributed by atoms with van der Waals surface area (Å²) < 4.78 is 0. The van der Waals surface area contributed by atoms with Crippen LogP contribution in [0.5, 0.6) is 0 Å². The van der Waals surface area contributed by atoms with E-state index >= 15 is 0 Å². The first-order chi connectivity index (χ1) is 12.9. The molecule has 2 N–H and O–H groups in total. The van der Waals surface area contributed by atoms with Crippen LogP contribution >= 0.6 is 0 Å². The standard InChI is InChI=1S/C22H30N4O/c1-22(2,3)16-10-12-18(13-11-16)26-21(27)19-14-24-20(15-23-19)25-17-8-6-4-5-7-9-17/h10-15,17H,4-9H2,1-3H3,(H,24,25)(H,26,27). The number of benzene rings is 1. The first-order valence-corrected chi connectivity index (χ1v) is 9.92. The minimum Gasteiger partial charge on any atom is -0.366 e. The highest BCUT2D eigenvalue weighted by atomic mass is 16.1. The monoisotopic (exact) mass is 366 g/mol. The third-order valence-electron chi connectivity index (χ3n) is 5.10. The molecule has 0 atom stereocenters. The molecule has 1 amide bonds. The summed E-state index contributed by atoms with van der Waals surface area (Å²) in [7, 11) is 0. The van der Waals surface area contributed by atoms with Crippen LogP contribution in [0.1, 0.15) is 75.3 Å². The number of rotatable bonds is 4. The summed E-state index contributed by atoms with van der Waals surface area (Å²) in [6.45, 7) is 6.50. The van der Waals surface area contributed by atoms with Crippen LogP contribution in [-0.2, 0) is 5.41 Å². The van der Waals surface area contributed by atoms with E-state index < -0.39 is 0 Å². The molecule has 2 aromatic rings. The van der Waals surface area contributed by atoms with Crippen LogP contribution in [0.15, 0.2) is 36.7 Å². The Morgan fingerprint density at radius 1 is 0.963 bits per heavy atom. The Kier molecular flexibility index (Phi) is 6.09. The summed E-state index contributed by atoms with van der Waals surface area (Å²) in [6, 6.07) is 8.40. The molecule has 5 heteroatoms. The fourth-order valence-corrected chi connectivity index (χ4v) is 3.40. The van der Waals surface area contributed by atoms with Gasteiger partial charge >= 0.3 is 0 Å². The molecule has 0 saturated heterocycles. The summed E-state index contributed by atoms with van der Waals surface area (Å²) in [5, 5.41) is 6.34. The Morgan fingerprint density at radius 2 is 1.63 bits per heavy atom. The van der Waals surface area contributed by atoms with Crippen molar-refractivity contribution in [3.8, 4) is 0 Å². The minimum atomic E-state index is -0.243. The molecule has 0 radical (unpaired) electrons. The Bertz CT molecular complexity index is 739. The third kappa shape index (κ3) is 5.52. The van der Waals surface area contributed by atoms with Crippen LogP contribution in [0.25, 0.3) is 0 Å². The maximum atomic E-state index is 12.4. The van der Waals surface area contributed by atoms with E-state index in [1.807, 2.05) is 24.3 Å². The molecule has 3 rings (SSSR count). The van der Waals surface area contributed by atoms with E-state index in [1.165, 1.54) is 50.3 Å². The van der Waals surface area contributed by atoms with Gasteiger partial charge in [-0.1, -0.05) is 58.6 Å². The Labute approximate surface area is 162 Å². The average Bonchev–Trinajstić information content (AvgIpc) is 2.91.